The maximum atomic E-state index is 12.4. The van der Waals surface area contributed by atoms with Crippen molar-refractivity contribution in [1.29, 1.82) is 0 Å². The smallest absolute Gasteiger partial charge is 0.319 e. The van der Waals surface area contributed by atoms with Crippen LogP contribution in [0, 0.1) is 0 Å². The number of aromatic nitrogens is 3. The van der Waals surface area contributed by atoms with Crippen molar-refractivity contribution in [1.82, 2.24) is 20.3 Å². The van der Waals surface area contributed by atoms with Gasteiger partial charge < -0.3 is 29.9 Å². The van der Waals surface area contributed by atoms with Crippen LogP contribution in [0.1, 0.15) is 25.1 Å². The number of nitrogens with zero attached hydrogens (tertiary/aromatic N) is 5. The minimum atomic E-state index is -0.378. The molecule has 0 aliphatic carbocycles. The van der Waals surface area contributed by atoms with Crippen LogP contribution in [0.3, 0.4) is 0 Å². The van der Waals surface area contributed by atoms with Crippen molar-refractivity contribution in [2.75, 3.05) is 56.5 Å². The molecule has 0 radical (unpaired) electrons. The molecule has 0 spiro atoms. The number of rotatable bonds is 7. The number of amides is 2. The molecule has 3 rings (SSSR count). The number of anilines is 3. The van der Waals surface area contributed by atoms with Gasteiger partial charge in [0, 0.05) is 51.1 Å². The minimum Gasteiger partial charge on any atom is -0.497 e. The van der Waals surface area contributed by atoms with Gasteiger partial charge in [0.05, 0.1) is 20.8 Å². The maximum absolute atomic E-state index is 12.4. The Morgan fingerprint density at radius 3 is 2.30 bits per heavy atom. The normalized spacial score (nSPS) is 13.5. The van der Waals surface area contributed by atoms with Gasteiger partial charge >= 0.3 is 6.03 Å². The molecule has 0 saturated carbocycles. The highest BCUT2D eigenvalue weighted by molar-refractivity contribution is 5.89. The van der Waals surface area contributed by atoms with Crippen molar-refractivity contribution >= 4 is 23.6 Å². The van der Waals surface area contributed by atoms with Crippen molar-refractivity contribution in [2.24, 2.45) is 0 Å². The Balaban J connectivity index is 1.68. The Bertz CT molecular complexity index is 847. The van der Waals surface area contributed by atoms with Crippen LogP contribution in [0.5, 0.6) is 11.5 Å². The zero-order chi connectivity index (χ0) is 21.5. The van der Waals surface area contributed by atoms with Gasteiger partial charge in [-0.15, -0.1) is 0 Å². The molecule has 30 heavy (non-hydrogen) atoms. The summed E-state index contributed by atoms with van der Waals surface area (Å²) >= 11 is 0. The monoisotopic (exact) mass is 415 g/mol. The number of hydrogen-bond donors (Lipinski definition) is 2. The second kappa shape index (κ2) is 9.95. The van der Waals surface area contributed by atoms with E-state index in [4.69, 9.17) is 9.47 Å². The van der Waals surface area contributed by atoms with Gasteiger partial charge in [-0.2, -0.15) is 15.0 Å². The molecular formula is C20H29N7O3. The minimum absolute atomic E-state index is 0.178. The Hall–Kier alpha value is -3.30. The number of carbonyl (C=O) groups excluding carboxylic acids is 1. The number of benzene rings is 1. The molecule has 10 nitrogen and oxygen atoms in total. The Morgan fingerprint density at radius 2 is 1.70 bits per heavy atom. The lowest BCUT2D eigenvalue weighted by molar-refractivity contribution is 0.251. The van der Waals surface area contributed by atoms with Crippen LogP contribution in [0.2, 0.25) is 0 Å². The number of urea groups is 1. The van der Waals surface area contributed by atoms with Gasteiger partial charge in [-0.25, -0.2) is 4.79 Å². The molecule has 1 aromatic carbocycles. The van der Waals surface area contributed by atoms with Crippen LogP contribution in [0.15, 0.2) is 18.2 Å². The molecule has 2 aromatic rings. The predicted molar refractivity (Wildman–Crippen MR) is 116 cm³/mol. The molecule has 162 valence electrons. The second-order valence-electron chi connectivity index (χ2n) is 7.20. The Kier molecular flexibility index (Phi) is 7.10. The summed E-state index contributed by atoms with van der Waals surface area (Å²) in [5, 5.41) is 5.57. The predicted octanol–water partition coefficient (Wildman–Crippen LogP) is 2.27. The lowest BCUT2D eigenvalue weighted by Gasteiger charge is -2.27. The molecule has 2 heterocycles. The van der Waals surface area contributed by atoms with Gasteiger partial charge in [0.25, 0.3) is 0 Å². The van der Waals surface area contributed by atoms with Gasteiger partial charge in [-0.05, 0) is 19.3 Å². The zero-order valence-electron chi connectivity index (χ0n) is 17.9. The summed E-state index contributed by atoms with van der Waals surface area (Å²) < 4.78 is 10.5. The van der Waals surface area contributed by atoms with Crippen LogP contribution in [-0.2, 0) is 6.54 Å². The Morgan fingerprint density at radius 1 is 1.03 bits per heavy atom. The average Bonchev–Trinajstić information content (AvgIpc) is 2.77. The van der Waals surface area contributed by atoms with Crippen molar-refractivity contribution in [3.8, 4) is 11.5 Å². The first-order chi connectivity index (χ1) is 14.5. The third-order valence-electron chi connectivity index (χ3n) is 4.71. The average molecular weight is 415 g/mol. The molecule has 1 saturated heterocycles. The van der Waals surface area contributed by atoms with E-state index in [1.54, 1.807) is 32.4 Å². The summed E-state index contributed by atoms with van der Waals surface area (Å²) in [6.45, 7) is 2.04. The molecule has 2 N–H and O–H groups in total. The van der Waals surface area contributed by atoms with Crippen LogP contribution in [-0.4, -0.2) is 62.4 Å². The van der Waals surface area contributed by atoms with E-state index in [1.165, 1.54) is 6.42 Å². The molecular weight excluding hydrogens is 386 g/mol. The molecule has 1 fully saturated rings. The quantitative estimate of drug-likeness (QED) is 0.710. The first-order valence-electron chi connectivity index (χ1n) is 9.93. The first-order valence-corrected chi connectivity index (χ1v) is 9.93. The van der Waals surface area contributed by atoms with E-state index < -0.39 is 0 Å². The summed E-state index contributed by atoms with van der Waals surface area (Å²) in [7, 11) is 6.88. The van der Waals surface area contributed by atoms with Gasteiger partial charge in [0.15, 0.2) is 5.82 Å². The number of ether oxygens (including phenoxy) is 2. The number of nitrogens with one attached hydrogen (secondary N) is 2. The van der Waals surface area contributed by atoms with E-state index in [0.717, 1.165) is 25.9 Å². The number of hydrogen-bond acceptors (Lipinski definition) is 8. The number of carbonyl (C=O) groups is 1. The van der Waals surface area contributed by atoms with Crippen LogP contribution in [0.25, 0.3) is 0 Å². The summed E-state index contributed by atoms with van der Waals surface area (Å²) in [5.41, 5.74) is 0.558. The lowest BCUT2D eigenvalue weighted by atomic mass is 10.1. The molecule has 10 heteroatoms. The summed E-state index contributed by atoms with van der Waals surface area (Å²) in [5.74, 6) is 2.91. The van der Waals surface area contributed by atoms with Crippen molar-refractivity contribution in [3.05, 3.63) is 24.0 Å². The van der Waals surface area contributed by atoms with Gasteiger partial charge in [0.1, 0.15) is 11.5 Å². The topological polar surface area (TPSA) is 105 Å². The third-order valence-corrected chi connectivity index (χ3v) is 4.71. The van der Waals surface area contributed by atoms with E-state index >= 15 is 0 Å². The van der Waals surface area contributed by atoms with E-state index in [-0.39, 0.29) is 12.6 Å². The fourth-order valence-electron chi connectivity index (χ4n) is 3.12. The molecule has 0 atom stereocenters. The highest BCUT2D eigenvalue weighted by Crippen LogP contribution is 2.25. The van der Waals surface area contributed by atoms with E-state index in [2.05, 4.69) is 30.5 Å². The molecule has 1 aliphatic rings. The van der Waals surface area contributed by atoms with Gasteiger partial charge in [0.2, 0.25) is 11.9 Å². The van der Waals surface area contributed by atoms with E-state index in [1.807, 2.05) is 19.0 Å². The third kappa shape index (κ3) is 5.62. The van der Waals surface area contributed by atoms with Gasteiger partial charge in [-0.3, -0.25) is 0 Å². The molecule has 2 amide bonds. The standard InChI is InChI=1S/C20H29N7O3/c1-26(2)18-23-17(24-19(25-18)27-8-6-5-7-9-27)13-21-20(28)22-14-10-15(29-3)12-16(11-14)30-4/h10-12H,5-9,13H2,1-4H3,(H2,21,22,28). The van der Waals surface area contributed by atoms with Crippen molar-refractivity contribution in [2.45, 2.75) is 25.8 Å². The van der Waals surface area contributed by atoms with Crippen LogP contribution in [0.4, 0.5) is 22.4 Å². The number of piperidine rings is 1. The van der Waals surface area contributed by atoms with Crippen LogP contribution >= 0.6 is 0 Å². The highest BCUT2D eigenvalue weighted by Gasteiger charge is 2.17. The summed E-state index contributed by atoms with van der Waals surface area (Å²) in [6.07, 6.45) is 3.48. The van der Waals surface area contributed by atoms with Crippen molar-refractivity contribution < 1.29 is 14.3 Å². The highest BCUT2D eigenvalue weighted by atomic mass is 16.5. The lowest BCUT2D eigenvalue weighted by Crippen LogP contribution is -2.33. The summed E-state index contributed by atoms with van der Waals surface area (Å²) in [4.78, 5) is 30.0. The fraction of sp³-hybridized carbons (Fsp3) is 0.500. The molecule has 0 bridgehead atoms. The maximum Gasteiger partial charge on any atom is 0.319 e. The van der Waals surface area contributed by atoms with Crippen molar-refractivity contribution in [3.63, 3.8) is 0 Å². The molecule has 1 aliphatic heterocycles. The van der Waals surface area contributed by atoms with Gasteiger partial charge in [-0.1, -0.05) is 0 Å². The van der Waals surface area contributed by atoms with Crippen LogP contribution < -0.4 is 29.9 Å². The molecule has 0 unspecified atom stereocenters. The SMILES string of the molecule is COc1cc(NC(=O)NCc2nc(N(C)C)nc(N3CCCCC3)n2)cc(OC)c1. The second-order valence-corrected chi connectivity index (χ2v) is 7.20. The number of methoxy groups -OCH3 is 2. The van der Waals surface area contributed by atoms with E-state index in [0.29, 0.717) is 34.9 Å². The largest absolute Gasteiger partial charge is 0.497 e. The fourth-order valence-corrected chi connectivity index (χ4v) is 3.12. The first kappa shape index (κ1) is 21.4. The Labute approximate surface area is 176 Å². The van der Waals surface area contributed by atoms with E-state index in [9.17, 15) is 4.79 Å². The zero-order valence-corrected chi connectivity index (χ0v) is 17.9. The molecule has 1 aromatic heterocycles. The summed E-state index contributed by atoms with van der Waals surface area (Å²) in [6, 6.07) is 4.78.